The standard InChI is InChI=1S/C38H35NO6/c1-25-34(37(42)32-19-10-9-18-31(32)36(25)41)30(26-21-23-29(44-2)24-22-26)17-11-12-20-33(40)39-45-38(43)35(27-13-5-3-6-14-27)28-15-7-4-8-16-28/h3-10,13-16,18-19,21-24,30,35H,11-12,17,20H2,1-2H3,(H,39,40). The van der Waals surface area contributed by atoms with E-state index in [0.717, 1.165) is 16.7 Å². The fourth-order valence-electron chi connectivity index (χ4n) is 5.86. The van der Waals surface area contributed by atoms with E-state index in [1.807, 2.05) is 84.9 Å². The number of ether oxygens (including phenoxy) is 1. The van der Waals surface area contributed by atoms with E-state index in [-0.39, 0.29) is 23.9 Å². The van der Waals surface area contributed by atoms with Crippen LogP contribution in [0.25, 0.3) is 0 Å². The third-order valence-electron chi connectivity index (χ3n) is 8.19. The van der Waals surface area contributed by atoms with Gasteiger partial charge in [0.05, 0.1) is 7.11 Å². The van der Waals surface area contributed by atoms with Gasteiger partial charge < -0.3 is 9.57 Å². The predicted molar refractivity (Wildman–Crippen MR) is 171 cm³/mol. The second-order valence-electron chi connectivity index (χ2n) is 11.0. The van der Waals surface area contributed by atoms with Crippen molar-refractivity contribution in [3.8, 4) is 5.75 Å². The van der Waals surface area contributed by atoms with Crippen LogP contribution in [-0.4, -0.2) is 30.6 Å². The van der Waals surface area contributed by atoms with Gasteiger partial charge in [0.1, 0.15) is 11.7 Å². The highest BCUT2D eigenvalue weighted by molar-refractivity contribution is 6.27. The van der Waals surface area contributed by atoms with Crippen molar-refractivity contribution in [2.75, 3.05) is 7.11 Å². The van der Waals surface area contributed by atoms with Gasteiger partial charge in [0.15, 0.2) is 11.6 Å². The SMILES string of the molecule is COc1ccc(C(CCCCC(=O)NOC(=O)C(c2ccccc2)c2ccccc2)C2=C(C)C(=O)c3ccccc3C2=O)cc1. The number of fused-ring (bicyclic) bond motifs is 1. The highest BCUT2D eigenvalue weighted by Crippen LogP contribution is 2.39. The minimum absolute atomic E-state index is 0.123. The van der Waals surface area contributed by atoms with Crippen molar-refractivity contribution in [2.45, 2.75) is 44.4 Å². The van der Waals surface area contributed by atoms with E-state index >= 15 is 0 Å². The molecule has 4 aromatic rings. The summed E-state index contributed by atoms with van der Waals surface area (Å²) in [4.78, 5) is 58.1. The van der Waals surface area contributed by atoms with E-state index in [2.05, 4.69) is 5.48 Å². The molecule has 0 aromatic heterocycles. The van der Waals surface area contributed by atoms with Gasteiger partial charge in [-0.25, -0.2) is 4.79 Å². The topological polar surface area (TPSA) is 98.8 Å². The number of methoxy groups -OCH3 is 1. The molecule has 228 valence electrons. The third kappa shape index (κ3) is 7.10. The van der Waals surface area contributed by atoms with Crippen LogP contribution in [0.5, 0.6) is 5.75 Å². The van der Waals surface area contributed by atoms with Gasteiger partial charge in [-0.2, -0.15) is 5.48 Å². The van der Waals surface area contributed by atoms with Crippen molar-refractivity contribution < 1.29 is 28.8 Å². The number of allylic oxidation sites excluding steroid dienone is 2. The zero-order valence-electron chi connectivity index (χ0n) is 25.3. The van der Waals surface area contributed by atoms with E-state index in [4.69, 9.17) is 9.57 Å². The first kappa shape index (κ1) is 31.1. The van der Waals surface area contributed by atoms with Crippen molar-refractivity contribution in [3.63, 3.8) is 0 Å². The molecule has 1 unspecified atom stereocenters. The molecule has 5 rings (SSSR count). The maximum atomic E-state index is 13.7. The molecule has 0 radical (unpaired) electrons. The van der Waals surface area contributed by atoms with Crippen LogP contribution in [0.15, 0.2) is 120 Å². The van der Waals surface area contributed by atoms with Crippen molar-refractivity contribution in [1.82, 2.24) is 5.48 Å². The monoisotopic (exact) mass is 601 g/mol. The molecule has 0 saturated carbocycles. The molecule has 0 heterocycles. The number of ketones is 2. The highest BCUT2D eigenvalue weighted by atomic mass is 16.7. The molecule has 0 aliphatic heterocycles. The van der Waals surface area contributed by atoms with Gasteiger partial charge in [0.25, 0.3) is 5.91 Å². The molecule has 1 atom stereocenters. The second-order valence-corrected chi connectivity index (χ2v) is 11.0. The van der Waals surface area contributed by atoms with Crippen LogP contribution >= 0.6 is 0 Å². The molecule has 0 saturated heterocycles. The number of unbranched alkanes of at least 4 members (excludes halogenated alkanes) is 1. The average Bonchev–Trinajstić information content (AvgIpc) is 3.08. The number of Topliss-reactive ketones (excluding diaryl/α,β-unsaturated/α-hetero) is 2. The summed E-state index contributed by atoms with van der Waals surface area (Å²) in [5.41, 5.74) is 6.48. The summed E-state index contributed by atoms with van der Waals surface area (Å²) in [6.07, 6.45) is 1.74. The van der Waals surface area contributed by atoms with Crippen molar-refractivity contribution in [1.29, 1.82) is 0 Å². The molecule has 1 N–H and O–H groups in total. The van der Waals surface area contributed by atoms with Crippen molar-refractivity contribution in [3.05, 3.63) is 148 Å². The normalized spacial score (nSPS) is 13.3. The smallest absolute Gasteiger partial charge is 0.344 e. The Balaban J connectivity index is 1.24. The van der Waals surface area contributed by atoms with Gasteiger partial charge in [0.2, 0.25) is 0 Å². The summed E-state index contributed by atoms with van der Waals surface area (Å²) in [7, 11) is 1.59. The molecule has 1 aliphatic carbocycles. The molecule has 7 nitrogen and oxygen atoms in total. The number of hydrogen-bond acceptors (Lipinski definition) is 6. The molecular weight excluding hydrogens is 566 g/mol. The number of hydroxylamine groups is 1. The predicted octanol–water partition coefficient (Wildman–Crippen LogP) is 7.14. The zero-order valence-corrected chi connectivity index (χ0v) is 25.3. The van der Waals surface area contributed by atoms with Gasteiger partial charge in [-0.1, -0.05) is 103 Å². The average molecular weight is 602 g/mol. The van der Waals surface area contributed by atoms with Crippen LogP contribution in [0.1, 0.15) is 81.8 Å². The van der Waals surface area contributed by atoms with Gasteiger partial charge in [-0.15, -0.1) is 0 Å². The maximum absolute atomic E-state index is 13.7. The summed E-state index contributed by atoms with van der Waals surface area (Å²) in [6, 6.07) is 32.9. The molecule has 45 heavy (non-hydrogen) atoms. The molecule has 0 spiro atoms. The number of carbonyl (C=O) groups excluding carboxylic acids is 4. The second kappa shape index (κ2) is 14.4. The number of rotatable bonds is 11. The highest BCUT2D eigenvalue weighted by Gasteiger charge is 2.34. The molecule has 7 heteroatoms. The Morgan fingerprint density at radius 1 is 0.689 bits per heavy atom. The van der Waals surface area contributed by atoms with Crippen LogP contribution in [0.3, 0.4) is 0 Å². The summed E-state index contributed by atoms with van der Waals surface area (Å²) in [5.74, 6) is -1.65. The number of hydrogen-bond donors (Lipinski definition) is 1. The summed E-state index contributed by atoms with van der Waals surface area (Å²) in [6.45, 7) is 1.71. The van der Waals surface area contributed by atoms with Crippen molar-refractivity contribution in [2.24, 2.45) is 0 Å². The van der Waals surface area contributed by atoms with Gasteiger partial charge in [-0.05, 0) is 48.6 Å². The molecular formula is C38H35NO6. The minimum Gasteiger partial charge on any atom is -0.497 e. The fourth-order valence-corrected chi connectivity index (χ4v) is 5.86. The van der Waals surface area contributed by atoms with Crippen LogP contribution in [-0.2, 0) is 14.4 Å². The molecule has 1 amide bonds. The minimum atomic E-state index is -0.685. The molecule has 0 fully saturated rings. The lowest BCUT2D eigenvalue weighted by atomic mass is 9.75. The lowest BCUT2D eigenvalue weighted by Gasteiger charge is -2.26. The Morgan fingerprint density at radius 3 is 1.82 bits per heavy atom. The Kier molecular flexibility index (Phi) is 10.00. The summed E-state index contributed by atoms with van der Waals surface area (Å²) >= 11 is 0. The first-order valence-corrected chi connectivity index (χ1v) is 15.0. The molecule has 4 aromatic carbocycles. The van der Waals surface area contributed by atoms with E-state index in [1.54, 1.807) is 38.3 Å². The fraction of sp³-hybridized carbons (Fsp3) is 0.211. The van der Waals surface area contributed by atoms with E-state index < -0.39 is 17.8 Å². The largest absolute Gasteiger partial charge is 0.497 e. The van der Waals surface area contributed by atoms with Crippen LogP contribution in [0.4, 0.5) is 0 Å². The van der Waals surface area contributed by atoms with Crippen LogP contribution in [0.2, 0.25) is 0 Å². The Morgan fingerprint density at radius 2 is 1.24 bits per heavy atom. The van der Waals surface area contributed by atoms with Gasteiger partial charge in [-0.3, -0.25) is 14.4 Å². The maximum Gasteiger partial charge on any atom is 0.344 e. The Hall–Kier alpha value is -5.30. The lowest BCUT2D eigenvalue weighted by Crippen LogP contribution is -2.30. The number of benzene rings is 4. The molecule has 1 aliphatic rings. The Labute approximate surface area is 262 Å². The summed E-state index contributed by atoms with van der Waals surface area (Å²) < 4.78 is 5.32. The first-order chi connectivity index (χ1) is 21.9. The first-order valence-electron chi connectivity index (χ1n) is 15.0. The lowest BCUT2D eigenvalue weighted by molar-refractivity contribution is -0.159. The third-order valence-corrected chi connectivity index (χ3v) is 8.19. The zero-order chi connectivity index (χ0) is 31.8. The van der Waals surface area contributed by atoms with Crippen LogP contribution in [0, 0.1) is 0 Å². The van der Waals surface area contributed by atoms with E-state index in [1.165, 1.54) is 0 Å². The van der Waals surface area contributed by atoms with E-state index in [0.29, 0.717) is 47.3 Å². The van der Waals surface area contributed by atoms with Crippen molar-refractivity contribution >= 4 is 23.4 Å². The summed E-state index contributed by atoms with van der Waals surface area (Å²) in [5, 5.41) is 0. The van der Waals surface area contributed by atoms with Crippen LogP contribution < -0.4 is 10.2 Å². The number of carbonyl (C=O) groups is 4. The van der Waals surface area contributed by atoms with Gasteiger partial charge >= 0.3 is 5.97 Å². The van der Waals surface area contributed by atoms with E-state index in [9.17, 15) is 19.2 Å². The van der Waals surface area contributed by atoms with Gasteiger partial charge in [0, 0.05) is 34.6 Å². The number of amides is 1. The number of nitrogens with one attached hydrogen (secondary N) is 1. The Bertz CT molecular complexity index is 1670. The molecule has 0 bridgehead atoms. The quantitative estimate of drug-likeness (QED) is 0.145.